The van der Waals surface area contributed by atoms with Gasteiger partial charge in [-0.3, -0.25) is 4.79 Å². The summed E-state index contributed by atoms with van der Waals surface area (Å²) in [5, 5.41) is 14.0. The first-order valence-electron chi connectivity index (χ1n) is 6.61. The van der Waals surface area contributed by atoms with Gasteiger partial charge in [0.2, 0.25) is 17.7 Å². The number of hydrogen-bond donors (Lipinski definition) is 2. The Labute approximate surface area is 116 Å². The lowest BCUT2D eigenvalue weighted by Crippen LogP contribution is -2.19. The fraction of sp³-hybridized carbons (Fsp3) is 0.357. The van der Waals surface area contributed by atoms with Crippen molar-refractivity contribution in [3.8, 4) is 0 Å². The highest BCUT2D eigenvalue weighted by atomic mass is 16.4. The standard InChI is InChI=1S/C14H16N4O2/c1-8(14-18-17-9(2)20-14)15-11-4-5-12-10(7-11)3-6-13(19)16-12/h4-5,7-8,15H,3,6H2,1-2H3,(H,16,19). The van der Waals surface area contributed by atoms with Crippen LogP contribution in [0, 0.1) is 6.92 Å². The highest BCUT2D eigenvalue weighted by Crippen LogP contribution is 2.27. The third-order valence-electron chi connectivity index (χ3n) is 3.30. The van der Waals surface area contributed by atoms with Gasteiger partial charge in [0.1, 0.15) is 6.04 Å². The van der Waals surface area contributed by atoms with Gasteiger partial charge in [-0.05, 0) is 37.1 Å². The number of aromatic nitrogens is 2. The molecular formula is C14H16N4O2. The Morgan fingerprint density at radius 1 is 1.35 bits per heavy atom. The van der Waals surface area contributed by atoms with Gasteiger partial charge in [-0.15, -0.1) is 10.2 Å². The van der Waals surface area contributed by atoms with Gasteiger partial charge in [0.05, 0.1) is 0 Å². The molecule has 0 aliphatic carbocycles. The molecule has 0 spiro atoms. The van der Waals surface area contributed by atoms with Crippen LogP contribution in [-0.2, 0) is 11.2 Å². The zero-order chi connectivity index (χ0) is 14.1. The Hall–Kier alpha value is -2.37. The van der Waals surface area contributed by atoms with Crippen molar-refractivity contribution < 1.29 is 9.21 Å². The summed E-state index contributed by atoms with van der Waals surface area (Å²) in [6.45, 7) is 3.74. The molecule has 2 aromatic rings. The maximum absolute atomic E-state index is 11.3. The summed E-state index contributed by atoms with van der Waals surface area (Å²) in [5.41, 5.74) is 3.01. The quantitative estimate of drug-likeness (QED) is 0.897. The second-order valence-electron chi connectivity index (χ2n) is 4.95. The van der Waals surface area contributed by atoms with E-state index < -0.39 is 0 Å². The summed E-state index contributed by atoms with van der Waals surface area (Å²) in [4.78, 5) is 11.3. The van der Waals surface area contributed by atoms with Crippen LogP contribution in [0.2, 0.25) is 0 Å². The Morgan fingerprint density at radius 3 is 2.95 bits per heavy atom. The largest absolute Gasteiger partial charge is 0.423 e. The molecule has 1 unspecified atom stereocenters. The highest BCUT2D eigenvalue weighted by Gasteiger charge is 2.16. The lowest BCUT2D eigenvalue weighted by molar-refractivity contribution is -0.116. The van der Waals surface area contributed by atoms with Crippen molar-refractivity contribution >= 4 is 17.3 Å². The third-order valence-corrected chi connectivity index (χ3v) is 3.30. The average Bonchev–Trinajstić information content (AvgIpc) is 2.86. The fourth-order valence-electron chi connectivity index (χ4n) is 2.27. The van der Waals surface area contributed by atoms with Crippen molar-refractivity contribution in [2.45, 2.75) is 32.7 Å². The topological polar surface area (TPSA) is 80.0 Å². The summed E-state index contributed by atoms with van der Waals surface area (Å²) in [6.07, 6.45) is 1.31. The predicted octanol–water partition coefficient (Wildman–Crippen LogP) is 2.44. The van der Waals surface area contributed by atoms with Gasteiger partial charge in [0, 0.05) is 24.7 Å². The van der Waals surface area contributed by atoms with Gasteiger partial charge in [-0.25, -0.2) is 0 Å². The van der Waals surface area contributed by atoms with E-state index in [1.54, 1.807) is 6.92 Å². The number of carbonyl (C=O) groups excluding carboxylic acids is 1. The number of rotatable bonds is 3. The van der Waals surface area contributed by atoms with E-state index in [0.717, 1.165) is 23.4 Å². The van der Waals surface area contributed by atoms with Crippen LogP contribution in [0.15, 0.2) is 22.6 Å². The number of aryl methyl sites for hydroxylation is 2. The fourth-order valence-corrected chi connectivity index (χ4v) is 2.27. The maximum atomic E-state index is 11.3. The van der Waals surface area contributed by atoms with E-state index in [1.165, 1.54) is 0 Å². The molecule has 0 saturated carbocycles. The van der Waals surface area contributed by atoms with Crippen LogP contribution in [0.1, 0.15) is 36.7 Å². The van der Waals surface area contributed by atoms with Crippen molar-refractivity contribution in [2.75, 3.05) is 10.6 Å². The zero-order valence-corrected chi connectivity index (χ0v) is 11.4. The van der Waals surface area contributed by atoms with Crippen molar-refractivity contribution in [1.82, 2.24) is 10.2 Å². The molecular weight excluding hydrogens is 256 g/mol. The minimum absolute atomic E-state index is 0.0626. The third kappa shape index (κ3) is 2.49. The van der Waals surface area contributed by atoms with E-state index in [9.17, 15) is 4.79 Å². The van der Waals surface area contributed by atoms with Gasteiger partial charge < -0.3 is 15.1 Å². The molecule has 0 fully saturated rings. The molecule has 6 nitrogen and oxygen atoms in total. The summed E-state index contributed by atoms with van der Waals surface area (Å²) in [5.74, 6) is 1.20. The molecule has 1 atom stereocenters. The van der Waals surface area contributed by atoms with Crippen LogP contribution >= 0.6 is 0 Å². The molecule has 6 heteroatoms. The summed E-state index contributed by atoms with van der Waals surface area (Å²) in [6, 6.07) is 5.84. The van der Waals surface area contributed by atoms with E-state index in [4.69, 9.17) is 4.42 Å². The molecule has 1 aromatic heterocycles. The van der Waals surface area contributed by atoms with Gasteiger partial charge in [-0.2, -0.15) is 0 Å². The summed E-state index contributed by atoms with van der Waals surface area (Å²) >= 11 is 0. The molecule has 1 aliphatic heterocycles. The maximum Gasteiger partial charge on any atom is 0.238 e. The Bertz CT molecular complexity index is 650. The average molecular weight is 272 g/mol. The first-order chi connectivity index (χ1) is 9.61. The molecule has 2 N–H and O–H groups in total. The first-order valence-corrected chi connectivity index (χ1v) is 6.61. The van der Waals surface area contributed by atoms with Gasteiger partial charge >= 0.3 is 0 Å². The van der Waals surface area contributed by atoms with Crippen LogP contribution in [0.4, 0.5) is 11.4 Å². The van der Waals surface area contributed by atoms with Crippen LogP contribution in [0.3, 0.4) is 0 Å². The van der Waals surface area contributed by atoms with E-state index >= 15 is 0 Å². The zero-order valence-electron chi connectivity index (χ0n) is 11.4. The molecule has 20 heavy (non-hydrogen) atoms. The normalized spacial score (nSPS) is 15.4. The van der Waals surface area contributed by atoms with Crippen LogP contribution in [0.25, 0.3) is 0 Å². The molecule has 2 heterocycles. The Balaban J connectivity index is 1.76. The number of hydrogen-bond acceptors (Lipinski definition) is 5. The van der Waals surface area contributed by atoms with Crippen molar-refractivity contribution in [2.24, 2.45) is 0 Å². The number of amides is 1. The molecule has 0 bridgehead atoms. The first kappa shape index (κ1) is 12.7. The molecule has 0 saturated heterocycles. The summed E-state index contributed by atoms with van der Waals surface area (Å²) in [7, 11) is 0. The SMILES string of the molecule is Cc1nnc(C(C)Nc2ccc3c(c2)CCC(=O)N3)o1. The van der Waals surface area contributed by atoms with Crippen molar-refractivity contribution in [3.63, 3.8) is 0 Å². The number of nitrogens with one attached hydrogen (secondary N) is 2. The minimum atomic E-state index is -0.0626. The molecule has 1 aliphatic rings. The lowest BCUT2D eigenvalue weighted by Gasteiger charge is -2.19. The van der Waals surface area contributed by atoms with Gasteiger partial charge in [0.25, 0.3) is 0 Å². The minimum Gasteiger partial charge on any atom is -0.423 e. The molecule has 3 rings (SSSR count). The summed E-state index contributed by atoms with van der Waals surface area (Å²) < 4.78 is 5.40. The predicted molar refractivity (Wildman–Crippen MR) is 74.5 cm³/mol. The Kier molecular flexibility index (Phi) is 3.14. The van der Waals surface area contributed by atoms with E-state index in [0.29, 0.717) is 18.2 Å². The van der Waals surface area contributed by atoms with E-state index in [2.05, 4.69) is 26.9 Å². The van der Waals surface area contributed by atoms with Gasteiger partial charge in [0.15, 0.2) is 0 Å². The number of fused-ring (bicyclic) bond motifs is 1. The van der Waals surface area contributed by atoms with Gasteiger partial charge in [-0.1, -0.05) is 0 Å². The second-order valence-corrected chi connectivity index (χ2v) is 4.95. The number of nitrogens with zero attached hydrogens (tertiary/aromatic N) is 2. The van der Waals surface area contributed by atoms with Crippen LogP contribution < -0.4 is 10.6 Å². The lowest BCUT2D eigenvalue weighted by atomic mass is 10.0. The van der Waals surface area contributed by atoms with Crippen LogP contribution in [-0.4, -0.2) is 16.1 Å². The smallest absolute Gasteiger partial charge is 0.238 e. The molecule has 1 aromatic carbocycles. The highest BCUT2D eigenvalue weighted by molar-refractivity contribution is 5.94. The monoisotopic (exact) mass is 272 g/mol. The molecule has 1 amide bonds. The van der Waals surface area contributed by atoms with Crippen molar-refractivity contribution in [1.29, 1.82) is 0 Å². The molecule has 0 radical (unpaired) electrons. The van der Waals surface area contributed by atoms with E-state index in [1.807, 2.05) is 19.1 Å². The Morgan fingerprint density at radius 2 is 2.20 bits per heavy atom. The van der Waals surface area contributed by atoms with Crippen molar-refractivity contribution in [3.05, 3.63) is 35.5 Å². The number of benzene rings is 1. The molecule has 104 valence electrons. The van der Waals surface area contributed by atoms with E-state index in [-0.39, 0.29) is 11.9 Å². The number of anilines is 2. The second kappa shape index (κ2) is 4.96. The van der Waals surface area contributed by atoms with Crippen LogP contribution in [0.5, 0.6) is 0 Å². The number of carbonyl (C=O) groups is 1.